The van der Waals surface area contributed by atoms with E-state index in [9.17, 15) is 0 Å². The molecule has 0 aliphatic carbocycles. The minimum atomic E-state index is 0.0836. The van der Waals surface area contributed by atoms with E-state index in [0.717, 1.165) is 19.6 Å². The number of hydrogen-bond donors (Lipinski definition) is 1. The molecule has 0 spiro atoms. The Morgan fingerprint density at radius 2 is 2.11 bits per heavy atom. The molecule has 2 rings (SSSR count). The van der Waals surface area contributed by atoms with Crippen LogP contribution in [0.5, 0.6) is 0 Å². The highest BCUT2D eigenvalue weighted by molar-refractivity contribution is 5.23. The molecular weight excluding hydrogens is 238 g/mol. The lowest BCUT2D eigenvalue weighted by molar-refractivity contribution is 0.531. The monoisotopic (exact) mass is 261 g/mol. The summed E-state index contributed by atoms with van der Waals surface area (Å²) >= 11 is 0. The highest BCUT2D eigenvalue weighted by Gasteiger charge is 2.21. The van der Waals surface area contributed by atoms with Gasteiger partial charge >= 0.3 is 0 Å². The Kier molecular flexibility index (Phi) is 4.04. The third-order valence-electron chi connectivity index (χ3n) is 3.01. The summed E-state index contributed by atoms with van der Waals surface area (Å²) in [6.45, 7) is 9.23. The second-order valence-electron chi connectivity index (χ2n) is 5.87. The fourth-order valence-electron chi connectivity index (χ4n) is 2.15. The van der Waals surface area contributed by atoms with E-state index in [1.165, 1.54) is 11.3 Å². The van der Waals surface area contributed by atoms with E-state index in [-0.39, 0.29) is 5.41 Å². The first kappa shape index (κ1) is 13.8. The maximum absolute atomic E-state index is 4.57. The Bertz CT molecular complexity index is 504. The van der Waals surface area contributed by atoms with Crippen molar-refractivity contribution in [1.29, 1.82) is 0 Å². The van der Waals surface area contributed by atoms with Crippen LogP contribution < -0.4 is 5.32 Å². The lowest BCUT2D eigenvalue weighted by Crippen LogP contribution is -2.22. The molecular formula is C14H23N5. The Labute approximate surface area is 114 Å². The van der Waals surface area contributed by atoms with Crippen LogP contribution in [-0.4, -0.2) is 26.1 Å². The lowest BCUT2D eigenvalue weighted by atomic mass is 9.89. The van der Waals surface area contributed by atoms with Gasteiger partial charge in [0.25, 0.3) is 0 Å². The van der Waals surface area contributed by atoms with Gasteiger partial charge in [0.2, 0.25) is 0 Å². The standard InChI is InChI=1S/C14H23N5/c1-14(2,3)13-12(11-18(4)17-13)10-15-7-9-19-8-5-6-16-19/h5-6,8,11,15H,7,9-10H2,1-4H3. The normalized spacial score (nSPS) is 12.0. The van der Waals surface area contributed by atoms with Gasteiger partial charge in [-0.3, -0.25) is 9.36 Å². The van der Waals surface area contributed by atoms with E-state index < -0.39 is 0 Å². The fraction of sp³-hybridized carbons (Fsp3) is 0.571. The number of nitrogens with zero attached hydrogens (tertiary/aromatic N) is 4. The van der Waals surface area contributed by atoms with Crippen LogP contribution in [0.3, 0.4) is 0 Å². The van der Waals surface area contributed by atoms with E-state index in [4.69, 9.17) is 0 Å². The molecule has 2 heterocycles. The smallest absolute Gasteiger partial charge is 0.0722 e. The van der Waals surface area contributed by atoms with Gasteiger partial charge in [-0.05, 0) is 6.07 Å². The van der Waals surface area contributed by atoms with Crippen molar-refractivity contribution in [2.24, 2.45) is 7.05 Å². The summed E-state index contributed by atoms with van der Waals surface area (Å²) in [5.74, 6) is 0. The summed E-state index contributed by atoms with van der Waals surface area (Å²) in [4.78, 5) is 0. The zero-order chi connectivity index (χ0) is 13.9. The second kappa shape index (κ2) is 5.57. The summed E-state index contributed by atoms with van der Waals surface area (Å²) in [7, 11) is 1.97. The molecule has 0 saturated carbocycles. The van der Waals surface area contributed by atoms with Gasteiger partial charge in [0.15, 0.2) is 0 Å². The van der Waals surface area contributed by atoms with Crippen LogP contribution in [0.15, 0.2) is 24.7 Å². The molecule has 5 nitrogen and oxygen atoms in total. The summed E-state index contributed by atoms with van der Waals surface area (Å²) in [5.41, 5.74) is 2.53. The minimum Gasteiger partial charge on any atom is -0.311 e. The molecule has 1 N–H and O–H groups in total. The summed E-state index contributed by atoms with van der Waals surface area (Å²) in [6.07, 6.45) is 5.88. The molecule has 0 amide bonds. The predicted molar refractivity (Wildman–Crippen MR) is 75.8 cm³/mol. The van der Waals surface area contributed by atoms with Crippen molar-refractivity contribution in [2.45, 2.75) is 39.3 Å². The molecule has 5 heteroatoms. The number of aryl methyl sites for hydroxylation is 1. The molecule has 0 aromatic carbocycles. The number of rotatable bonds is 5. The van der Waals surface area contributed by atoms with Crippen molar-refractivity contribution in [3.05, 3.63) is 35.9 Å². The first-order valence-electron chi connectivity index (χ1n) is 6.68. The summed E-state index contributed by atoms with van der Waals surface area (Å²) < 4.78 is 3.83. The Morgan fingerprint density at radius 3 is 2.74 bits per heavy atom. The molecule has 0 radical (unpaired) electrons. The zero-order valence-electron chi connectivity index (χ0n) is 12.2. The van der Waals surface area contributed by atoms with Gasteiger partial charge in [-0.25, -0.2) is 0 Å². The number of hydrogen-bond acceptors (Lipinski definition) is 3. The van der Waals surface area contributed by atoms with E-state index >= 15 is 0 Å². The average Bonchev–Trinajstić information content (AvgIpc) is 2.93. The van der Waals surface area contributed by atoms with Crippen LogP contribution in [0.1, 0.15) is 32.0 Å². The van der Waals surface area contributed by atoms with Gasteiger partial charge < -0.3 is 5.32 Å². The van der Waals surface area contributed by atoms with Crippen molar-refractivity contribution in [3.63, 3.8) is 0 Å². The van der Waals surface area contributed by atoms with E-state index in [2.05, 4.69) is 42.5 Å². The number of nitrogens with one attached hydrogen (secondary N) is 1. The number of aromatic nitrogens is 4. The van der Waals surface area contributed by atoms with Crippen molar-refractivity contribution < 1.29 is 0 Å². The van der Waals surface area contributed by atoms with E-state index in [1.54, 1.807) is 6.20 Å². The van der Waals surface area contributed by atoms with Crippen molar-refractivity contribution in [3.8, 4) is 0 Å². The molecule has 0 atom stereocenters. The van der Waals surface area contributed by atoms with Crippen LogP contribution in [0, 0.1) is 0 Å². The lowest BCUT2D eigenvalue weighted by Gasteiger charge is -2.17. The topological polar surface area (TPSA) is 47.7 Å². The van der Waals surface area contributed by atoms with Gasteiger partial charge in [0.05, 0.1) is 12.2 Å². The SMILES string of the molecule is Cn1cc(CNCCn2cccn2)c(C(C)(C)C)n1. The quantitative estimate of drug-likeness (QED) is 0.833. The van der Waals surface area contributed by atoms with Crippen LogP contribution in [-0.2, 0) is 25.6 Å². The average molecular weight is 261 g/mol. The van der Waals surface area contributed by atoms with E-state index in [0.29, 0.717) is 0 Å². The molecule has 2 aromatic rings. The van der Waals surface area contributed by atoms with Crippen molar-refractivity contribution in [2.75, 3.05) is 6.54 Å². The zero-order valence-corrected chi connectivity index (χ0v) is 12.2. The summed E-state index contributed by atoms with van der Waals surface area (Å²) in [5, 5.41) is 12.2. The fourth-order valence-corrected chi connectivity index (χ4v) is 2.15. The van der Waals surface area contributed by atoms with Gasteiger partial charge in [-0.1, -0.05) is 20.8 Å². The molecule has 0 fully saturated rings. The Balaban J connectivity index is 1.89. The first-order chi connectivity index (χ1) is 8.97. The Hall–Kier alpha value is -1.62. The van der Waals surface area contributed by atoms with Crippen LogP contribution in [0.4, 0.5) is 0 Å². The van der Waals surface area contributed by atoms with Crippen LogP contribution >= 0.6 is 0 Å². The highest BCUT2D eigenvalue weighted by atomic mass is 15.3. The van der Waals surface area contributed by atoms with Crippen molar-refractivity contribution in [1.82, 2.24) is 24.9 Å². The van der Waals surface area contributed by atoms with Crippen LogP contribution in [0.2, 0.25) is 0 Å². The third kappa shape index (κ3) is 3.67. The molecule has 104 valence electrons. The van der Waals surface area contributed by atoms with Gasteiger partial charge in [0.1, 0.15) is 0 Å². The molecule has 0 aliphatic heterocycles. The second-order valence-corrected chi connectivity index (χ2v) is 5.87. The molecule has 0 aliphatic rings. The molecule has 0 bridgehead atoms. The van der Waals surface area contributed by atoms with Crippen LogP contribution in [0.25, 0.3) is 0 Å². The van der Waals surface area contributed by atoms with Crippen molar-refractivity contribution >= 4 is 0 Å². The highest BCUT2D eigenvalue weighted by Crippen LogP contribution is 2.23. The van der Waals surface area contributed by atoms with Gasteiger partial charge in [0, 0.05) is 49.7 Å². The first-order valence-corrected chi connectivity index (χ1v) is 6.68. The third-order valence-corrected chi connectivity index (χ3v) is 3.01. The maximum atomic E-state index is 4.57. The summed E-state index contributed by atoms with van der Waals surface area (Å²) in [6, 6.07) is 1.94. The molecule has 2 aromatic heterocycles. The maximum Gasteiger partial charge on any atom is 0.0722 e. The minimum absolute atomic E-state index is 0.0836. The van der Waals surface area contributed by atoms with Gasteiger partial charge in [-0.2, -0.15) is 10.2 Å². The van der Waals surface area contributed by atoms with E-state index in [1.807, 2.05) is 28.7 Å². The Morgan fingerprint density at radius 1 is 1.32 bits per heavy atom. The predicted octanol–water partition coefficient (Wildman–Crippen LogP) is 1.70. The molecule has 19 heavy (non-hydrogen) atoms. The molecule has 0 unspecified atom stereocenters. The largest absolute Gasteiger partial charge is 0.311 e. The van der Waals surface area contributed by atoms with Gasteiger partial charge in [-0.15, -0.1) is 0 Å². The molecule has 0 saturated heterocycles.